The summed E-state index contributed by atoms with van der Waals surface area (Å²) in [5, 5.41) is 13.3. The van der Waals surface area contributed by atoms with Gasteiger partial charge in [0.1, 0.15) is 17.6 Å². The van der Waals surface area contributed by atoms with Crippen molar-refractivity contribution in [3.63, 3.8) is 0 Å². The zero-order chi connectivity index (χ0) is 31.3. The van der Waals surface area contributed by atoms with Crippen LogP contribution in [0, 0.1) is 17.7 Å². The summed E-state index contributed by atoms with van der Waals surface area (Å²) in [4.78, 5) is 54.5. The van der Waals surface area contributed by atoms with Gasteiger partial charge in [-0.25, -0.2) is 4.39 Å². The Balaban J connectivity index is 1.28. The summed E-state index contributed by atoms with van der Waals surface area (Å²) in [7, 11) is 0. The van der Waals surface area contributed by atoms with Crippen LogP contribution in [0.2, 0.25) is 0 Å². The maximum atomic E-state index is 15.5. The molecule has 0 unspecified atom stereocenters. The smallest absolute Gasteiger partial charge is 0.245 e. The average Bonchev–Trinajstić information content (AvgIpc) is 3.58. The fourth-order valence-electron chi connectivity index (χ4n) is 6.73. The van der Waals surface area contributed by atoms with E-state index in [0.717, 1.165) is 44.9 Å². The summed E-state index contributed by atoms with van der Waals surface area (Å²) in [6.45, 7) is 6.06. The van der Waals surface area contributed by atoms with Crippen molar-refractivity contribution in [1.29, 1.82) is 0 Å². The summed E-state index contributed by atoms with van der Waals surface area (Å²) >= 11 is 0. The van der Waals surface area contributed by atoms with Gasteiger partial charge in [-0.3, -0.25) is 23.9 Å². The second kappa shape index (κ2) is 14.0. The van der Waals surface area contributed by atoms with Gasteiger partial charge in [-0.05, 0) is 62.3 Å². The Morgan fingerprint density at radius 1 is 1.11 bits per heavy atom. The molecule has 3 amide bonds. The molecule has 238 valence electrons. The number of carbonyl (C=O) groups excluding carboxylic acids is 4. The SMILES string of the molecule is CCC(=O)N[C@H](Cc1ccc(NC(=O)[C@@H](CC(=O)c2ccnn2CC)C2CCCCC2)c(F)c1)C(=O)N1CCNC2(CC2)C1. The molecule has 3 N–H and O–H groups in total. The molecule has 2 saturated carbocycles. The highest BCUT2D eigenvalue weighted by atomic mass is 19.1. The number of ketones is 1. The van der Waals surface area contributed by atoms with E-state index in [-0.39, 0.29) is 59.9 Å². The van der Waals surface area contributed by atoms with Crippen LogP contribution in [-0.4, -0.2) is 69.4 Å². The maximum Gasteiger partial charge on any atom is 0.245 e. The van der Waals surface area contributed by atoms with Gasteiger partial charge >= 0.3 is 0 Å². The van der Waals surface area contributed by atoms with Gasteiger partial charge in [0.2, 0.25) is 17.7 Å². The van der Waals surface area contributed by atoms with Gasteiger partial charge in [0.25, 0.3) is 0 Å². The maximum absolute atomic E-state index is 15.5. The van der Waals surface area contributed by atoms with E-state index >= 15 is 4.39 Å². The molecule has 1 aromatic heterocycles. The number of carbonyl (C=O) groups is 4. The van der Waals surface area contributed by atoms with Crippen LogP contribution in [0.15, 0.2) is 30.5 Å². The molecule has 1 spiro atoms. The van der Waals surface area contributed by atoms with Gasteiger partial charge in [0.15, 0.2) is 5.78 Å². The molecule has 1 aromatic carbocycles. The third-order valence-electron chi connectivity index (χ3n) is 9.49. The Labute approximate surface area is 258 Å². The Kier molecular flexibility index (Phi) is 10.1. The minimum absolute atomic E-state index is 0.00348. The summed E-state index contributed by atoms with van der Waals surface area (Å²) in [5.41, 5.74) is 1.04. The van der Waals surface area contributed by atoms with Crippen molar-refractivity contribution < 1.29 is 23.6 Å². The lowest BCUT2D eigenvalue weighted by molar-refractivity contribution is -0.137. The standard InChI is InChI=1S/C33H45FN6O4/c1-3-30(42)37-27(32(44)39-17-16-35-33(21-39)13-14-33)19-22-10-11-26(25(34)18-22)38-31(43)24(23-8-6-5-7-9-23)20-29(41)28-12-15-36-40(28)4-2/h10-12,15,18,23-24,27,35H,3-9,13-14,16-17,19-21H2,1-2H3,(H,37,42)(H,38,43)/t24-,27+/m0/s1. The van der Waals surface area contributed by atoms with E-state index in [2.05, 4.69) is 21.0 Å². The summed E-state index contributed by atoms with van der Waals surface area (Å²) in [6.07, 6.45) is 8.87. The zero-order valence-corrected chi connectivity index (χ0v) is 25.9. The lowest BCUT2D eigenvalue weighted by Gasteiger charge is -2.36. The number of aryl methyl sites for hydroxylation is 1. The van der Waals surface area contributed by atoms with Crippen LogP contribution in [-0.2, 0) is 27.3 Å². The molecule has 2 atom stereocenters. The number of rotatable bonds is 12. The molecule has 0 bridgehead atoms. The Morgan fingerprint density at radius 2 is 1.89 bits per heavy atom. The van der Waals surface area contributed by atoms with Crippen molar-refractivity contribution in [2.75, 3.05) is 25.0 Å². The van der Waals surface area contributed by atoms with Gasteiger partial charge in [0.05, 0.1) is 5.69 Å². The van der Waals surface area contributed by atoms with Crippen molar-refractivity contribution in [2.24, 2.45) is 11.8 Å². The third kappa shape index (κ3) is 7.54. The van der Waals surface area contributed by atoms with Crippen LogP contribution < -0.4 is 16.0 Å². The van der Waals surface area contributed by atoms with Crippen LogP contribution >= 0.6 is 0 Å². The van der Waals surface area contributed by atoms with Crippen LogP contribution in [0.5, 0.6) is 0 Å². The van der Waals surface area contributed by atoms with E-state index in [1.807, 2.05) is 6.92 Å². The first-order chi connectivity index (χ1) is 21.2. The number of benzene rings is 1. The first-order valence-electron chi connectivity index (χ1n) is 16.2. The number of hydrogen-bond donors (Lipinski definition) is 3. The summed E-state index contributed by atoms with van der Waals surface area (Å²) < 4.78 is 17.1. The molecule has 10 nitrogen and oxygen atoms in total. The molecule has 1 saturated heterocycles. The van der Waals surface area contributed by atoms with Crippen LogP contribution in [0.3, 0.4) is 0 Å². The molecular weight excluding hydrogens is 563 g/mol. The number of Topliss-reactive ketones (excluding diaryl/α,β-unsaturated/α-hetero) is 1. The molecule has 3 aliphatic rings. The van der Waals surface area contributed by atoms with Gasteiger partial charge < -0.3 is 20.9 Å². The van der Waals surface area contributed by atoms with Crippen molar-refractivity contribution in [1.82, 2.24) is 25.3 Å². The van der Waals surface area contributed by atoms with Crippen molar-refractivity contribution in [2.45, 2.75) is 96.2 Å². The Morgan fingerprint density at radius 3 is 2.57 bits per heavy atom. The van der Waals surface area contributed by atoms with Gasteiger partial charge in [-0.2, -0.15) is 5.10 Å². The second-order valence-electron chi connectivity index (χ2n) is 12.6. The predicted octanol–water partition coefficient (Wildman–Crippen LogP) is 3.85. The minimum atomic E-state index is -0.811. The molecule has 2 aliphatic carbocycles. The highest BCUT2D eigenvalue weighted by Crippen LogP contribution is 2.38. The average molecular weight is 609 g/mol. The van der Waals surface area contributed by atoms with Gasteiger partial charge in [-0.1, -0.05) is 32.3 Å². The monoisotopic (exact) mass is 608 g/mol. The van der Waals surface area contributed by atoms with Crippen LogP contribution in [0.25, 0.3) is 0 Å². The lowest BCUT2D eigenvalue weighted by Crippen LogP contribution is -2.58. The largest absolute Gasteiger partial charge is 0.344 e. The van der Waals surface area contributed by atoms with E-state index in [4.69, 9.17) is 0 Å². The molecular formula is C33H45FN6O4. The van der Waals surface area contributed by atoms with E-state index in [0.29, 0.717) is 37.4 Å². The number of nitrogens with zero attached hydrogens (tertiary/aromatic N) is 3. The number of piperazine rings is 1. The normalized spacial score (nSPS) is 19.3. The van der Waals surface area contributed by atoms with Gasteiger partial charge in [0, 0.05) is 63.1 Å². The lowest BCUT2D eigenvalue weighted by atomic mass is 9.77. The number of aromatic nitrogens is 2. The molecule has 0 radical (unpaired) electrons. The first-order valence-corrected chi connectivity index (χ1v) is 16.2. The molecule has 44 heavy (non-hydrogen) atoms. The van der Waals surface area contributed by atoms with Gasteiger partial charge in [-0.15, -0.1) is 0 Å². The van der Waals surface area contributed by atoms with Crippen molar-refractivity contribution >= 4 is 29.2 Å². The molecule has 2 heterocycles. The van der Waals surface area contributed by atoms with E-state index < -0.39 is 17.8 Å². The third-order valence-corrected chi connectivity index (χ3v) is 9.49. The topological polar surface area (TPSA) is 125 Å². The quantitative estimate of drug-likeness (QED) is 0.315. The molecule has 11 heteroatoms. The minimum Gasteiger partial charge on any atom is -0.344 e. The van der Waals surface area contributed by atoms with E-state index in [1.165, 1.54) is 12.1 Å². The van der Waals surface area contributed by atoms with Crippen molar-refractivity contribution in [3.05, 3.63) is 47.5 Å². The Bertz CT molecular complexity index is 1370. The summed E-state index contributed by atoms with van der Waals surface area (Å²) in [5.74, 6) is -2.08. The highest BCUT2D eigenvalue weighted by Gasteiger charge is 2.47. The number of hydrogen-bond acceptors (Lipinski definition) is 6. The number of anilines is 1. The number of nitrogens with one attached hydrogen (secondary N) is 3. The van der Waals surface area contributed by atoms with E-state index in [1.54, 1.807) is 34.8 Å². The molecule has 5 rings (SSSR count). The van der Waals surface area contributed by atoms with Crippen molar-refractivity contribution in [3.8, 4) is 0 Å². The first kappa shape index (κ1) is 31.8. The number of amides is 3. The summed E-state index contributed by atoms with van der Waals surface area (Å²) in [6, 6.07) is 5.36. The molecule has 1 aliphatic heterocycles. The second-order valence-corrected chi connectivity index (χ2v) is 12.6. The highest BCUT2D eigenvalue weighted by molar-refractivity contribution is 6.00. The Hall–Kier alpha value is -3.60. The predicted molar refractivity (Wildman–Crippen MR) is 164 cm³/mol. The fourth-order valence-corrected chi connectivity index (χ4v) is 6.73. The molecule has 2 aromatic rings. The number of halogens is 1. The van der Waals surface area contributed by atoms with Crippen LogP contribution in [0.4, 0.5) is 10.1 Å². The van der Waals surface area contributed by atoms with E-state index in [9.17, 15) is 19.2 Å². The molecule has 3 fully saturated rings. The zero-order valence-electron chi connectivity index (χ0n) is 25.9. The fraction of sp³-hybridized carbons (Fsp3) is 0.606. The van der Waals surface area contributed by atoms with Crippen LogP contribution in [0.1, 0.15) is 87.7 Å².